The summed E-state index contributed by atoms with van der Waals surface area (Å²) < 4.78 is 33.8. The molecule has 164 valence electrons. The van der Waals surface area contributed by atoms with Gasteiger partial charge in [0.1, 0.15) is 6.61 Å². The lowest BCUT2D eigenvalue weighted by Gasteiger charge is -2.25. The zero-order valence-electron chi connectivity index (χ0n) is 16.6. The molecule has 1 aliphatic rings. The molecule has 3 aromatic carbocycles. The van der Waals surface area contributed by atoms with Gasteiger partial charge in [-0.05, 0) is 60.7 Å². The second-order valence-electron chi connectivity index (χ2n) is 6.95. The maximum absolute atomic E-state index is 12.5. The van der Waals surface area contributed by atoms with Crippen LogP contribution in [0.2, 0.25) is 0 Å². The standard InChI is InChI=1S/C22H19N3O6S/c23-32(28,29)17-11-9-16(10-12-17)24-21(26)14-5-7-15(8-6-14)25-22(27)20-13-30-18-3-1-2-4-19(18)31-20/h1-12,20H,13H2,(H,24,26)(H,25,27)(H2,23,28,29)/t20-/m0/s1. The summed E-state index contributed by atoms with van der Waals surface area (Å²) in [5.41, 5.74) is 1.26. The highest BCUT2D eigenvalue weighted by Crippen LogP contribution is 2.31. The van der Waals surface area contributed by atoms with E-state index in [1.54, 1.807) is 42.5 Å². The minimum atomic E-state index is -3.80. The largest absolute Gasteiger partial charge is 0.485 e. The molecule has 2 amide bonds. The van der Waals surface area contributed by atoms with Gasteiger partial charge in [0.25, 0.3) is 11.8 Å². The summed E-state index contributed by atoms with van der Waals surface area (Å²) in [7, 11) is -3.80. The number of ether oxygens (including phenoxy) is 2. The molecule has 0 unspecified atom stereocenters. The number of fused-ring (bicyclic) bond motifs is 1. The van der Waals surface area contributed by atoms with Crippen LogP contribution in [0.25, 0.3) is 0 Å². The summed E-state index contributed by atoms with van der Waals surface area (Å²) in [5.74, 6) is 0.327. The van der Waals surface area contributed by atoms with Crippen LogP contribution >= 0.6 is 0 Å². The Kier molecular flexibility index (Phi) is 5.80. The van der Waals surface area contributed by atoms with Crippen molar-refractivity contribution < 1.29 is 27.5 Å². The Morgan fingerprint density at radius 1 is 0.844 bits per heavy atom. The van der Waals surface area contributed by atoms with E-state index in [0.717, 1.165) is 0 Å². The Hall–Kier alpha value is -3.89. The van der Waals surface area contributed by atoms with Crippen molar-refractivity contribution in [1.29, 1.82) is 0 Å². The van der Waals surface area contributed by atoms with Crippen molar-refractivity contribution in [3.05, 3.63) is 78.4 Å². The lowest BCUT2D eigenvalue weighted by atomic mass is 10.2. The first kappa shape index (κ1) is 21.3. The Morgan fingerprint density at radius 2 is 1.44 bits per heavy atom. The number of amides is 2. The predicted molar refractivity (Wildman–Crippen MR) is 117 cm³/mol. The first-order valence-corrected chi connectivity index (χ1v) is 11.1. The van der Waals surface area contributed by atoms with E-state index in [4.69, 9.17) is 14.6 Å². The van der Waals surface area contributed by atoms with Gasteiger partial charge in [-0.2, -0.15) is 0 Å². The summed E-state index contributed by atoms with van der Waals surface area (Å²) in [6, 6.07) is 18.9. The number of sulfonamides is 1. The van der Waals surface area contributed by atoms with Crippen LogP contribution in [-0.2, 0) is 14.8 Å². The molecule has 4 rings (SSSR count). The van der Waals surface area contributed by atoms with Crippen molar-refractivity contribution in [2.75, 3.05) is 17.2 Å². The zero-order valence-corrected chi connectivity index (χ0v) is 17.5. The van der Waals surface area contributed by atoms with Crippen molar-refractivity contribution in [3.8, 4) is 11.5 Å². The van der Waals surface area contributed by atoms with Gasteiger partial charge < -0.3 is 20.1 Å². The van der Waals surface area contributed by atoms with E-state index in [0.29, 0.717) is 28.4 Å². The minimum absolute atomic E-state index is 0.0496. The molecule has 0 fully saturated rings. The number of nitrogens with one attached hydrogen (secondary N) is 2. The fraction of sp³-hybridized carbons (Fsp3) is 0.0909. The number of rotatable bonds is 5. The van der Waals surface area contributed by atoms with Gasteiger partial charge in [0, 0.05) is 16.9 Å². The van der Waals surface area contributed by atoms with Gasteiger partial charge in [-0.25, -0.2) is 13.6 Å². The number of benzene rings is 3. The number of hydrogen-bond donors (Lipinski definition) is 3. The molecule has 32 heavy (non-hydrogen) atoms. The normalized spacial score (nSPS) is 15.0. The molecule has 1 heterocycles. The molecule has 9 nitrogen and oxygen atoms in total. The summed E-state index contributed by atoms with van der Waals surface area (Å²) in [4.78, 5) is 24.9. The minimum Gasteiger partial charge on any atom is -0.485 e. The molecule has 10 heteroatoms. The number of anilines is 2. The van der Waals surface area contributed by atoms with E-state index in [2.05, 4.69) is 10.6 Å². The van der Waals surface area contributed by atoms with Gasteiger partial charge in [0.05, 0.1) is 4.90 Å². The molecule has 0 aromatic heterocycles. The monoisotopic (exact) mass is 453 g/mol. The summed E-state index contributed by atoms with van der Waals surface area (Å²) in [6.07, 6.45) is -0.798. The highest BCUT2D eigenvalue weighted by molar-refractivity contribution is 7.89. The van der Waals surface area contributed by atoms with Crippen molar-refractivity contribution in [3.63, 3.8) is 0 Å². The second-order valence-corrected chi connectivity index (χ2v) is 8.52. The van der Waals surface area contributed by atoms with Crippen LogP contribution in [-0.4, -0.2) is 32.9 Å². The Labute approximate surface area is 184 Å². The zero-order chi connectivity index (χ0) is 22.7. The second kappa shape index (κ2) is 8.69. The average molecular weight is 453 g/mol. The molecule has 0 bridgehead atoms. The first-order chi connectivity index (χ1) is 15.3. The van der Waals surface area contributed by atoms with Crippen molar-refractivity contribution in [1.82, 2.24) is 0 Å². The van der Waals surface area contributed by atoms with Gasteiger partial charge in [-0.15, -0.1) is 0 Å². The van der Waals surface area contributed by atoms with Gasteiger partial charge in [-0.1, -0.05) is 12.1 Å². The van der Waals surface area contributed by atoms with Crippen molar-refractivity contribution in [2.24, 2.45) is 5.14 Å². The van der Waals surface area contributed by atoms with Crippen molar-refractivity contribution >= 4 is 33.2 Å². The molecule has 1 atom stereocenters. The van der Waals surface area contributed by atoms with Gasteiger partial charge in [0.15, 0.2) is 11.5 Å². The highest BCUT2D eigenvalue weighted by Gasteiger charge is 2.27. The molecule has 0 aliphatic carbocycles. The van der Waals surface area contributed by atoms with E-state index < -0.39 is 22.0 Å². The topological polar surface area (TPSA) is 137 Å². The summed E-state index contributed by atoms with van der Waals surface area (Å²) in [6.45, 7) is 0.0909. The number of carbonyl (C=O) groups is 2. The van der Waals surface area contributed by atoms with Crippen LogP contribution in [0.1, 0.15) is 10.4 Å². The van der Waals surface area contributed by atoms with Crippen LogP contribution < -0.4 is 25.2 Å². The van der Waals surface area contributed by atoms with E-state index in [1.165, 1.54) is 24.3 Å². The molecule has 0 saturated heterocycles. The lowest BCUT2D eigenvalue weighted by Crippen LogP contribution is -2.40. The van der Waals surface area contributed by atoms with Crippen LogP contribution in [0.5, 0.6) is 11.5 Å². The molecule has 0 saturated carbocycles. The van der Waals surface area contributed by atoms with Gasteiger partial charge in [-0.3, -0.25) is 9.59 Å². The number of carbonyl (C=O) groups excluding carboxylic acids is 2. The molecule has 3 aromatic rings. The third kappa shape index (κ3) is 4.88. The van der Waals surface area contributed by atoms with Gasteiger partial charge >= 0.3 is 0 Å². The molecular formula is C22H19N3O6S. The smallest absolute Gasteiger partial charge is 0.269 e. The van der Waals surface area contributed by atoms with E-state index >= 15 is 0 Å². The Morgan fingerprint density at radius 3 is 2.09 bits per heavy atom. The molecule has 4 N–H and O–H groups in total. The maximum Gasteiger partial charge on any atom is 0.269 e. The van der Waals surface area contributed by atoms with Crippen LogP contribution in [0.3, 0.4) is 0 Å². The third-order valence-corrected chi connectivity index (χ3v) is 5.59. The fourth-order valence-electron chi connectivity index (χ4n) is 3.01. The van der Waals surface area contributed by atoms with Crippen LogP contribution in [0.4, 0.5) is 11.4 Å². The van der Waals surface area contributed by atoms with Gasteiger partial charge in [0.2, 0.25) is 16.1 Å². The fourth-order valence-corrected chi connectivity index (χ4v) is 3.52. The summed E-state index contributed by atoms with van der Waals surface area (Å²) in [5, 5.41) is 10.5. The van der Waals surface area contributed by atoms with Crippen LogP contribution in [0.15, 0.2) is 77.7 Å². The number of hydrogen-bond acceptors (Lipinski definition) is 6. The molecule has 1 aliphatic heterocycles. The molecule has 0 radical (unpaired) electrons. The van der Waals surface area contributed by atoms with E-state index in [9.17, 15) is 18.0 Å². The highest BCUT2D eigenvalue weighted by atomic mass is 32.2. The summed E-state index contributed by atoms with van der Waals surface area (Å²) >= 11 is 0. The van der Waals surface area contributed by atoms with Crippen molar-refractivity contribution in [2.45, 2.75) is 11.0 Å². The average Bonchev–Trinajstić information content (AvgIpc) is 2.79. The van der Waals surface area contributed by atoms with E-state index in [-0.39, 0.29) is 17.4 Å². The predicted octanol–water partition coefficient (Wildman–Crippen LogP) is 2.36. The Bertz CT molecular complexity index is 1260. The molecule has 0 spiro atoms. The maximum atomic E-state index is 12.5. The number of nitrogens with two attached hydrogens (primary N) is 1. The first-order valence-electron chi connectivity index (χ1n) is 9.53. The molecular weight excluding hydrogens is 434 g/mol. The SMILES string of the molecule is NS(=O)(=O)c1ccc(NC(=O)c2ccc(NC(=O)[C@@H]3COc4ccccc4O3)cc2)cc1. The lowest BCUT2D eigenvalue weighted by molar-refractivity contribution is -0.125. The number of para-hydroxylation sites is 2. The van der Waals surface area contributed by atoms with E-state index in [1.807, 2.05) is 6.07 Å². The third-order valence-electron chi connectivity index (χ3n) is 4.66. The van der Waals surface area contributed by atoms with Crippen LogP contribution in [0, 0.1) is 0 Å². The number of primary sulfonamides is 1. The quantitative estimate of drug-likeness (QED) is 0.542. The Balaban J connectivity index is 1.35.